The summed E-state index contributed by atoms with van der Waals surface area (Å²) in [4.78, 5) is 13.2. The summed E-state index contributed by atoms with van der Waals surface area (Å²) in [5.41, 5.74) is 5.29. The van der Waals surface area contributed by atoms with Crippen LogP contribution >= 0.6 is 0 Å². The Labute approximate surface area is 108 Å². The van der Waals surface area contributed by atoms with Crippen LogP contribution in [-0.4, -0.2) is 62.4 Å². The van der Waals surface area contributed by atoms with Gasteiger partial charge in [0.15, 0.2) is 9.84 Å². The fourth-order valence-corrected chi connectivity index (χ4v) is 4.65. The predicted octanol–water partition coefficient (Wildman–Crippen LogP) is -1.29. The van der Waals surface area contributed by atoms with Gasteiger partial charge in [-0.15, -0.1) is 0 Å². The zero-order chi connectivity index (χ0) is 13.2. The number of hydrogen-bond donors (Lipinski definition) is 2. The lowest BCUT2D eigenvalue weighted by Gasteiger charge is -2.37. The summed E-state index contributed by atoms with van der Waals surface area (Å²) >= 11 is 0. The van der Waals surface area contributed by atoms with Crippen LogP contribution in [0, 0.1) is 0 Å². The number of rotatable bonds is 4. The number of carbonyl (C=O) groups excluding carboxylic acids is 1. The molecule has 7 heteroatoms. The fourth-order valence-electron chi connectivity index (χ4n) is 2.91. The SMILES string of the molecule is NC(=O)CN(C1CCNCC1)C1CCS(=O)(=O)C1. The summed E-state index contributed by atoms with van der Waals surface area (Å²) in [7, 11) is -2.92. The van der Waals surface area contributed by atoms with Crippen molar-refractivity contribution in [3.8, 4) is 0 Å². The van der Waals surface area contributed by atoms with E-state index in [9.17, 15) is 13.2 Å². The van der Waals surface area contributed by atoms with Crippen LogP contribution in [0.15, 0.2) is 0 Å². The second kappa shape index (κ2) is 5.54. The molecule has 2 heterocycles. The zero-order valence-electron chi connectivity index (χ0n) is 10.5. The van der Waals surface area contributed by atoms with Gasteiger partial charge in [-0.3, -0.25) is 9.69 Å². The number of nitrogens with one attached hydrogen (secondary N) is 1. The standard InChI is InChI=1S/C11H21N3O3S/c12-11(15)7-14(9-1-4-13-5-2-9)10-3-6-18(16,17)8-10/h9-10,13H,1-8H2,(H2,12,15). The van der Waals surface area contributed by atoms with Crippen molar-refractivity contribution in [3.05, 3.63) is 0 Å². The van der Waals surface area contributed by atoms with E-state index in [0.717, 1.165) is 25.9 Å². The van der Waals surface area contributed by atoms with E-state index in [-0.39, 0.29) is 36.0 Å². The van der Waals surface area contributed by atoms with Gasteiger partial charge in [-0.05, 0) is 32.4 Å². The maximum Gasteiger partial charge on any atom is 0.231 e. The van der Waals surface area contributed by atoms with Crippen molar-refractivity contribution in [3.63, 3.8) is 0 Å². The average Bonchev–Trinajstić information content (AvgIpc) is 2.67. The molecule has 2 rings (SSSR count). The van der Waals surface area contributed by atoms with Crippen LogP contribution in [0.5, 0.6) is 0 Å². The molecule has 0 aromatic carbocycles. The van der Waals surface area contributed by atoms with E-state index < -0.39 is 9.84 Å². The minimum Gasteiger partial charge on any atom is -0.369 e. The predicted molar refractivity (Wildman–Crippen MR) is 68.9 cm³/mol. The summed E-state index contributed by atoms with van der Waals surface area (Å²) in [6.07, 6.45) is 2.52. The minimum absolute atomic E-state index is 0.0365. The van der Waals surface area contributed by atoms with Crippen molar-refractivity contribution in [2.75, 3.05) is 31.1 Å². The normalized spacial score (nSPS) is 28.6. The Bertz CT molecular complexity index is 404. The van der Waals surface area contributed by atoms with Crippen LogP contribution in [0.3, 0.4) is 0 Å². The molecule has 6 nitrogen and oxygen atoms in total. The summed E-state index contributed by atoms with van der Waals surface area (Å²) in [6, 6.07) is 0.239. The third-order valence-corrected chi connectivity index (χ3v) is 5.54. The van der Waals surface area contributed by atoms with Gasteiger partial charge in [0.05, 0.1) is 18.1 Å². The van der Waals surface area contributed by atoms with E-state index in [1.807, 2.05) is 4.90 Å². The van der Waals surface area contributed by atoms with Gasteiger partial charge in [0.1, 0.15) is 0 Å². The van der Waals surface area contributed by atoms with Crippen molar-refractivity contribution in [1.29, 1.82) is 0 Å². The first kappa shape index (κ1) is 13.8. The molecule has 0 spiro atoms. The van der Waals surface area contributed by atoms with Crippen LogP contribution in [0.25, 0.3) is 0 Å². The summed E-state index contributed by atoms with van der Waals surface area (Å²) < 4.78 is 23.1. The third-order valence-electron chi connectivity index (χ3n) is 3.79. The van der Waals surface area contributed by atoms with Crippen LogP contribution < -0.4 is 11.1 Å². The maximum absolute atomic E-state index is 11.6. The van der Waals surface area contributed by atoms with Gasteiger partial charge in [-0.1, -0.05) is 0 Å². The van der Waals surface area contributed by atoms with Crippen LogP contribution in [0.1, 0.15) is 19.3 Å². The van der Waals surface area contributed by atoms with Gasteiger partial charge in [-0.25, -0.2) is 8.42 Å². The Morgan fingerprint density at radius 2 is 1.89 bits per heavy atom. The summed E-state index contributed by atoms with van der Waals surface area (Å²) in [6.45, 7) is 2.00. The molecule has 1 unspecified atom stereocenters. The summed E-state index contributed by atoms with van der Waals surface area (Å²) in [5.74, 6) is 0.0279. The number of sulfone groups is 1. The van der Waals surface area contributed by atoms with Gasteiger partial charge in [-0.2, -0.15) is 0 Å². The van der Waals surface area contributed by atoms with E-state index in [4.69, 9.17) is 5.73 Å². The van der Waals surface area contributed by atoms with Crippen molar-refractivity contribution in [1.82, 2.24) is 10.2 Å². The van der Waals surface area contributed by atoms with Crippen LogP contribution in [0.4, 0.5) is 0 Å². The minimum atomic E-state index is -2.92. The molecule has 1 amide bonds. The third kappa shape index (κ3) is 3.43. The Hall–Kier alpha value is -0.660. The average molecular weight is 275 g/mol. The molecule has 0 aromatic heterocycles. The molecule has 2 fully saturated rings. The van der Waals surface area contributed by atoms with Crippen molar-refractivity contribution < 1.29 is 13.2 Å². The van der Waals surface area contributed by atoms with Gasteiger partial charge in [0.25, 0.3) is 0 Å². The van der Waals surface area contributed by atoms with Crippen molar-refractivity contribution in [2.45, 2.75) is 31.3 Å². The largest absolute Gasteiger partial charge is 0.369 e. The molecule has 1 atom stereocenters. The molecule has 0 bridgehead atoms. The van der Waals surface area contributed by atoms with Crippen LogP contribution in [-0.2, 0) is 14.6 Å². The lowest BCUT2D eigenvalue weighted by atomic mass is 10.0. The number of nitrogens with two attached hydrogens (primary N) is 1. The smallest absolute Gasteiger partial charge is 0.231 e. The number of hydrogen-bond acceptors (Lipinski definition) is 5. The first-order valence-electron chi connectivity index (χ1n) is 6.43. The molecule has 0 radical (unpaired) electrons. The molecule has 0 aliphatic carbocycles. The molecule has 18 heavy (non-hydrogen) atoms. The van der Waals surface area contributed by atoms with E-state index >= 15 is 0 Å². The highest BCUT2D eigenvalue weighted by Crippen LogP contribution is 2.23. The molecular formula is C11H21N3O3S. The first-order chi connectivity index (χ1) is 8.48. The lowest BCUT2D eigenvalue weighted by molar-refractivity contribution is -0.120. The first-order valence-corrected chi connectivity index (χ1v) is 8.25. The second-order valence-electron chi connectivity index (χ2n) is 5.18. The molecule has 2 aliphatic rings. The Morgan fingerprint density at radius 1 is 1.22 bits per heavy atom. The zero-order valence-corrected chi connectivity index (χ0v) is 11.3. The molecular weight excluding hydrogens is 254 g/mol. The number of carbonyl (C=O) groups is 1. The highest BCUT2D eigenvalue weighted by Gasteiger charge is 2.36. The van der Waals surface area contributed by atoms with E-state index in [0.29, 0.717) is 6.42 Å². The molecule has 2 aliphatic heterocycles. The van der Waals surface area contributed by atoms with E-state index in [2.05, 4.69) is 5.32 Å². The molecule has 0 saturated carbocycles. The number of piperidine rings is 1. The Kier molecular flexibility index (Phi) is 4.24. The monoisotopic (exact) mass is 275 g/mol. The number of nitrogens with zero attached hydrogens (tertiary/aromatic N) is 1. The van der Waals surface area contributed by atoms with Gasteiger partial charge in [0, 0.05) is 12.1 Å². The molecule has 104 valence electrons. The van der Waals surface area contributed by atoms with Gasteiger partial charge in [0.2, 0.25) is 5.91 Å². The van der Waals surface area contributed by atoms with Gasteiger partial charge >= 0.3 is 0 Å². The second-order valence-corrected chi connectivity index (χ2v) is 7.41. The van der Waals surface area contributed by atoms with Gasteiger partial charge < -0.3 is 11.1 Å². The topological polar surface area (TPSA) is 92.5 Å². The molecule has 2 saturated heterocycles. The quantitative estimate of drug-likeness (QED) is 0.666. The Morgan fingerprint density at radius 3 is 2.39 bits per heavy atom. The van der Waals surface area contributed by atoms with Crippen molar-refractivity contribution >= 4 is 15.7 Å². The van der Waals surface area contributed by atoms with E-state index in [1.165, 1.54) is 0 Å². The number of amides is 1. The van der Waals surface area contributed by atoms with E-state index in [1.54, 1.807) is 0 Å². The molecule has 3 N–H and O–H groups in total. The lowest BCUT2D eigenvalue weighted by Crippen LogP contribution is -2.51. The fraction of sp³-hybridized carbons (Fsp3) is 0.909. The summed E-state index contributed by atoms with van der Waals surface area (Å²) in [5, 5.41) is 3.27. The maximum atomic E-state index is 11.6. The highest BCUT2D eigenvalue weighted by molar-refractivity contribution is 7.91. The Balaban J connectivity index is 2.07. The molecule has 0 aromatic rings. The van der Waals surface area contributed by atoms with Crippen LogP contribution in [0.2, 0.25) is 0 Å². The van der Waals surface area contributed by atoms with Crippen molar-refractivity contribution in [2.24, 2.45) is 5.73 Å². The number of primary amides is 1. The highest BCUT2D eigenvalue weighted by atomic mass is 32.2.